The normalized spacial score (nSPS) is 16.7. The van der Waals surface area contributed by atoms with Gasteiger partial charge in [0.15, 0.2) is 5.76 Å². The van der Waals surface area contributed by atoms with E-state index in [2.05, 4.69) is 10.1 Å². The van der Waals surface area contributed by atoms with Crippen LogP contribution in [0.4, 0.5) is 5.69 Å². The molecule has 1 aliphatic heterocycles. The molecule has 9 heteroatoms. The molecule has 1 N–H and O–H groups in total. The first-order valence-corrected chi connectivity index (χ1v) is 8.70. The number of sulfonamides is 1. The average molecular weight is 338 g/mol. The molecule has 124 valence electrons. The van der Waals surface area contributed by atoms with Crippen molar-refractivity contribution in [2.75, 3.05) is 31.1 Å². The molecule has 0 unspecified atom stereocenters. The summed E-state index contributed by atoms with van der Waals surface area (Å²) in [5.74, 6) is 0.311. The van der Waals surface area contributed by atoms with Gasteiger partial charge in [-0.15, -0.1) is 0 Å². The first-order chi connectivity index (χ1) is 10.9. The molecular formula is C14H18N4O4S. The molecular weight excluding hydrogens is 320 g/mol. The van der Waals surface area contributed by atoms with E-state index in [1.165, 1.54) is 10.4 Å². The van der Waals surface area contributed by atoms with Gasteiger partial charge in [-0.25, -0.2) is 8.42 Å². The molecule has 3 rings (SSSR count). The summed E-state index contributed by atoms with van der Waals surface area (Å²) in [5.41, 5.74) is 1.10. The lowest BCUT2D eigenvalue weighted by molar-refractivity contribution is 0.378. The van der Waals surface area contributed by atoms with Gasteiger partial charge in [0.2, 0.25) is 15.6 Å². The van der Waals surface area contributed by atoms with Gasteiger partial charge in [0, 0.05) is 38.4 Å². The fraction of sp³-hybridized carbons (Fsp3) is 0.429. The van der Waals surface area contributed by atoms with Crippen molar-refractivity contribution in [1.29, 1.82) is 0 Å². The van der Waals surface area contributed by atoms with Crippen LogP contribution in [0, 0.1) is 13.8 Å². The molecule has 2 aromatic rings. The summed E-state index contributed by atoms with van der Waals surface area (Å²) in [6, 6.07) is 3.19. The Kier molecular flexibility index (Phi) is 3.99. The third-order valence-electron chi connectivity index (χ3n) is 3.94. The van der Waals surface area contributed by atoms with Gasteiger partial charge in [0.05, 0.1) is 5.69 Å². The van der Waals surface area contributed by atoms with Crippen molar-refractivity contribution in [3.8, 4) is 0 Å². The Balaban J connectivity index is 1.76. The van der Waals surface area contributed by atoms with Crippen LogP contribution in [0.3, 0.4) is 0 Å². The number of nitrogens with zero attached hydrogens (tertiary/aromatic N) is 3. The van der Waals surface area contributed by atoms with Crippen LogP contribution in [0.1, 0.15) is 11.5 Å². The van der Waals surface area contributed by atoms with E-state index in [-0.39, 0.29) is 10.5 Å². The average Bonchev–Trinajstić information content (AvgIpc) is 2.88. The molecule has 0 atom stereocenters. The number of pyridine rings is 1. The van der Waals surface area contributed by atoms with Gasteiger partial charge in [-0.05, 0) is 19.9 Å². The topological polar surface area (TPSA) is 99.5 Å². The fourth-order valence-electron chi connectivity index (χ4n) is 2.76. The zero-order chi connectivity index (χ0) is 16.6. The van der Waals surface area contributed by atoms with E-state index in [1.807, 2.05) is 4.90 Å². The molecule has 0 radical (unpaired) electrons. The van der Waals surface area contributed by atoms with Gasteiger partial charge in [-0.2, -0.15) is 4.31 Å². The number of aryl methyl sites for hydroxylation is 2. The van der Waals surface area contributed by atoms with Crippen molar-refractivity contribution in [2.24, 2.45) is 0 Å². The number of aromatic nitrogens is 2. The SMILES string of the molecule is Cc1noc(C)c1S(=O)(=O)N1CCN(c2ccc(=O)[nH]c2)CC1. The van der Waals surface area contributed by atoms with E-state index in [0.717, 1.165) is 5.69 Å². The molecule has 0 amide bonds. The maximum absolute atomic E-state index is 12.7. The van der Waals surface area contributed by atoms with E-state index in [0.29, 0.717) is 37.6 Å². The van der Waals surface area contributed by atoms with Crippen LogP contribution in [0.2, 0.25) is 0 Å². The standard InChI is InChI=1S/C14H18N4O4S/c1-10-14(11(2)22-16-10)23(20,21)18-7-5-17(6-8-18)12-3-4-13(19)15-9-12/h3-4,9H,5-8H2,1-2H3,(H,15,19). The Morgan fingerprint density at radius 3 is 2.39 bits per heavy atom. The van der Waals surface area contributed by atoms with E-state index >= 15 is 0 Å². The van der Waals surface area contributed by atoms with E-state index in [1.54, 1.807) is 26.1 Å². The number of rotatable bonds is 3. The Morgan fingerprint density at radius 1 is 1.17 bits per heavy atom. The van der Waals surface area contributed by atoms with Crippen LogP contribution < -0.4 is 10.5 Å². The van der Waals surface area contributed by atoms with Gasteiger partial charge >= 0.3 is 0 Å². The van der Waals surface area contributed by atoms with Gasteiger partial charge < -0.3 is 14.4 Å². The highest BCUT2D eigenvalue weighted by molar-refractivity contribution is 7.89. The zero-order valence-corrected chi connectivity index (χ0v) is 13.8. The number of hydrogen-bond donors (Lipinski definition) is 1. The molecule has 0 aromatic carbocycles. The number of hydrogen-bond acceptors (Lipinski definition) is 6. The quantitative estimate of drug-likeness (QED) is 0.874. The van der Waals surface area contributed by atoms with E-state index < -0.39 is 10.0 Å². The lowest BCUT2D eigenvalue weighted by atomic mass is 10.3. The van der Waals surface area contributed by atoms with Crippen LogP contribution in [0.5, 0.6) is 0 Å². The molecule has 0 spiro atoms. The minimum Gasteiger partial charge on any atom is -0.368 e. The summed E-state index contributed by atoms with van der Waals surface area (Å²) in [4.78, 5) is 15.9. The number of piperazine rings is 1. The second-order valence-corrected chi connectivity index (χ2v) is 7.33. The Hall–Kier alpha value is -2.13. The van der Waals surface area contributed by atoms with Crippen LogP contribution in [-0.2, 0) is 10.0 Å². The number of aromatic amines is 1. The first-order valence-electron chi connectivity index (χ1n) is 7.26. The molecule has 1 aliphatic rings. The van der Waals surface area contributed by atoms with Gasteiger partial charge in [-0.3, -0.25) is 4.79 Å². The first kappa shape index (κ1) is 15.8. The maximum atomic E-state index is 12.7. The highest BCUT2D eigenvalue weighted by Crippen LogP contribution is 2.25. The molecule has 1 fully saturated rings. The summed E-state index contributed by atoms with van der Waals surface area (Å²) < 4.78 is 31.9. The Labute approximate surface area is 133 Å². The smallest absolute Gasteiger partial charge is 0.248 e. The van der Waals surface area contributed by atoms with Crippen molar-refractivity contribution in [3.63, 3.8) is 0 Å². The third kappa shape index (κ3) is 2.89. The van der Waals surface area contributed by atoms with Crippen molar-refractivity contribution in [3.05, 3.63) is 40.1 Å². The lowest BCUT2D eigenvalue weighted by Crippen LogP contribution is -2.48. The predicted octanol–water partition coefficient (Wildman–Crippen LogP) is 0.491. The van der Waals surface area contributed by atoms with Crippen molar-refractivity contribution in [1.82, 2.24) is 14.4 Å². The molecule has 8 nitrogen and oxygen atoms in total. The molecule has 0 bridgehead atoms. The highest BCUT2D eigenvalue weighted by atomic mass is 32.2. The van der Waals surface area contributed by atoms with E-state index in [9.17, 15) is 13.2 Å². The van der Waals surface area contributed by atoms with Gasteiger partial charge in [0.1, 0.15) is 10.6 Å². The Bertz CT molecular complexity index is 823. The Morgan fingerprint density at radius 2 is 1.87 bits per heavy atom. The molecule has 0 saturated carbocycles. The summed E-state index contributed by atoms with van der Waals surface area (Å²) in [6.07, 6.45) is 1.64. The molecule has 0 aliphatic carbocycles. The van der Waals surface area contributed by atoms with Crippen LogP contribution >= 0.6 is 0 Å². The number of anilines is 1. The second-order valence-electron chi connectivity index (χ2n) is 5.46. The summed E-state index contributed by atoms with van der Waals surface area (Å²) in [7, 11) is -3.60. The minimum absolute atomic E-state index is 0.159. The van der Waals surface area contributed by atoms with Gasteiger partial charge in [-0.1, -0.05) is 5.16 Å². The predicted molar refractivity (Wildman–Crippen MR) is 84.0 cm³/mol. The molecule has 3 heterocycles. The highest BCUT2D eigenvalue weighted by Gasteiger charge is 2.33. The van der Waals surface area contributed by atoms with Gasteiger partial charge in [0.25, 0.3) is 0 Å². The summed E-state index contributed by atoms with van der Waals surface area (Å²) >= 11 is 0. The monoisotopic (exact) mass is 338 g/mol. The summed E-state index contributed by atoms with van der Waals surface area (Å²) in [6.45, 7) is 5.06. The van der Waals surface area contributed by atoms with Crippen molar-refractivity contribution >= 4 is 15.7 Å². The zero-order valence-electron chi connectivity index (χ0n) is 12.9. The number of nitrogens with one attached hydrogen (secondary N) is 1. The third-order valence-corrected chi connectivity index (χ3v) is 6.08. The second kappa shape index (κ2) is 5.82. The lowest BCUT2D eigenvalue weighted by Gasteiger charge is -2.35. The fourth-order valence-corrected chi connectivity index (χ4v) is 4.47. The van der Waals surface area contributed by atoms with E-state index in [4.69, 9.17) is 4.52 Å². The van der Waals surface area contributed by atoms with Crippen LogP contribution in [0.15, 0.2) is 32.5 Å². The largest absolute Gasteiger partial charge is 0.368 e. The molecule has 1 saturated heterocycles. The van der Waals surface area contributed by atoms with Crippen molar-refractivity contribution in [2.45, 2.75) is 18.7 Å². The van der Waals surface area contributed by atoms with Crippen molar-refractivity contribution < 1.29 is 12.9 Å². The number of H-pyrrole nitrogens is 1. The maximum Gasteiger partial charge on any atom is 0.248 e. The minimum atomic E-state index is -3.60. The molecule has 2 aromatic heterocycles. The summed E-state index contributed by atoms with van der Waals surface area (Å²) in [5, 5.41) is 3.72. The molecule has 23 heavy (non-hydrogen) atoms. The van der Waals surface area contributed by atoms with Crippen LogP contribution in [-0.4, -0.2) is 49.0 Å². The van der Waals surface area contributed by atoms with Crippen LogP contribution in [0.25, 0.3) is 0 Å².